The van der Waals surface area contributed by atoms with Gasteiger partial charge in [0.05, 0.1) is 6.61 Å². The lowest BCUT2D eigenvalue weighted by molar-refractivity contribution is 0.0938. The zero-order valence-electron chi connectivity index (χ0n) is 15.2. The van der Waals surface area contributed by atoms with Crippen molar-refractivity contribution in [1.29, 1.82) is 0 Å². The van der Waals surface area contributed by atoms with Crippen molar-refractivity contribution in [3.8, 4) is 17.4 Å². The van der Waals surface area contributed by atoms with Gasteiger partial charge in [-0.3, -0.25) is 4.79 Å². The van der Waals surface area contributed by atoms with Crippen LogP contribution in [0.1, 0.15) is 22.8 Å². The second kappa shape index (κ2) is 8.79. The molecule has 0 spiro atoms. The SMILES string of the molecule is CCOCCOc1nc(-c2ccc(C)cc2)n(C(=O)c2cccc(Cl)c2)n1. The number of aromatic nitrogens is 3. The molecule has 0 unspecified atom stereocenters. The molecule has 0 atom stereocenters. The van der Waals surface area contributed by atoms with E-state index in [1.807, 2.05) is 38.1 Å². The van der Waals surface area contributed by atoms with E-state index >= 15 is 0 Å². The van der Waals surface area contributed by atoms with Crippen LogP contribution in [0.15, 0.2) is 48.5 Å². The normalized spacial score (nSPS) is 10.8. The topological polar surface area (TPSA) is 66.2 Å². The van der Waals surface area contributed by atoms with E-state index in [0.717, 1.165) is 11.1 Å². The van der Waals surface area contributed by atoms with E-state index in [1.165, 1.54) is 4.68 Å². The van der Waals surface area contributed by atoms with Gasteiger partial charge < -0.3 is 9.47 Å². The minimum Gasteiger partial charge on any atom is -0.460 e. The molecule has 0 N–H and O–H groups in total. The summed E-state index contributed by atoms with van der Waals surface area (Å²) < 4.78 is 12.0. The molecule has 3 aromatic rings. The molecular weight excluding hydrogens is 366 g/mol. The first-order valence-corrected chi connectivity index (χ1v) is 9.01. The van der Waals surface area contributed by atoms with Gasteiger partial charge in [0.2, 0.25) is 0 Å². The summed E-state index contributed by atoms with van der Waals surface area (Å²) in [6, 6.07) is 14.5. The largest absolute Gasteiger partial charge is 0.460 e. The molecule has 0 radical (unpaired) electrons. The van der Waals surface area contributed by atoms with Crippen LogP contribution < -0.4 is 4.74 Å². The quantitative estimate of drug-likeness (QED) is 0.575. The van der Waals surface area contributed by atoms with E-state index in [9.17, 15) is 4.79 Å². The highest BCUT2D eigenvalue weighted by Crippen LogP contribution is 2.22. The standard InChI is InChI=1S/C20H20ClN3O3/c1-3-26-11-12-27-20-22-18(15-9-7-14(2)8-10-15)24(23-20)19(25)16-5-4-6-17(21)13-16/h4-10,13H,3,11-12H2,1-2H3. The van der Waals surface area contributed by atoms with Gasteiger partial charge in [0.1, 0.15) is 6.61 Å². The highest BCUT2D eigenvalue weighted by molar-refractivity contribution is 6.31. The number of carbonyl (C=O) groups is 1. The maximum Gasteiger partial charge on any atom is 0.336 e. The van der Waals surface area contributed by atoms with E-state index in [2.05, 4.69) is 10.1 Å². The lowest BCUT2D eigenvalue weighted by atomic mass is 10.1. The molecule has 0 aliphatic heterocycles. The molecule has 0 aliphatic carbocycles. The Morgan fingerprint density at radius 1 is 1.15 bits per heavy atom. The summed E-state index contributed by atoms with van der Waals surface area (Å²) in [6.07, 6.45) is 0. The molecule has 0 saturated carbocycles. The molecule has 2 aromatic carbocycles. The van der Waals surface area contributed by atoms with Crippen LogP contribution in [0.5, 0.6) is 6.01 Å². The molecular formula is C20H20ClN3O3. The Morgan fingerprint density at radius 3 is 2.63 bits per heavy atom. The van der Waals surface area contributed by atoms with E-state index < -0.39 is 0 Å². The van der Waals surface area contributed by atoms with Gasteiger partial charge >= 0.3 is 6.01 Å². The van der Waals surface area contributed by atoms with Crippen molar-refractivity contribution in [2.24, 2.45) is 0 Å². The van der Waals surface area contributed by atoms with Crippen molar-refractivity contribution in [3.63, 3.8) is 0 Å². The lowest BCUT2D eigenvalue weighted by Gasteiger charge is -2.05. The van der Waals surface area contributed by atoms with Gasteiger partial charge in [-0.2, -0.15) is 9.67 Å². The monoisotopic (exact) mass is 385 g/mol. The Labute approximate surface area is 162 Å². The fraction of sp³-hybridized carbons (Fsp3) is 0.250. The summed E-state index contributed by atoms with van der Waals surface area (Å²) in [5.74, 6) is 0.0756. The number of rotatable bonds is 7. The van der Waals surface area contributed by atoms with E-state index in [-0.39, 0.29) is 11.9 Å². The molecule has 27 heavy (non-hydrogen) atoms. The van der Waals surface area contributed by atoms with E-state index in [4.69, 9.17) is 21.1 Å². The molecule has 1 heterocycles. The van der Waals surface area contributed by atoms with Crippen molar-refractivity contribution in [3.05, 3.63) is 64.7 Å². The van der Waals surface area contributed by atoms with Crippen molar-refractivity contribution in [1.82, 2.24) is 14.8 Å². The van der Waals surface area contributed by atoms with Crippen LogP contribution in [0, 0.1) is 6.92 Å². The van der Waals surface area contributed by atoms with E-state index in [1.54, 1.807) is 24.3 Å². The number of carbonyl (C=O) groups excluding carboxylic acids is 1. The fourth-order valence-electron chi connectivity index (χ4n) is 2.47. The Hall–Kier alpha value is -2.70. The van der Waals surface area contributed by atoms with Crippen LogP contribution in [0.25, 0.3) is 11.4 Å². The minimum absolute atomic E-state index is 0.126. The molecule has 1 aromatic heterocycles. The molecule has 0 fully saturated rings. The summed E-state index contributed by atoms with van der Waals surface area (Å²) in [6.45, 7) is 5.23. The second-order valence-electron chi connectivity index (χ2n) is 5.86. The molecule has 140 valence electrons. The van der Waals surface area contributed by atoms with Gasteiger partial charge in [-0.1, -0.05) is 47.5 Å². The first-order chi connectivity index (χ1) is 13.1. The third-order valence-electron chi connectivity index (χ3n) is 3.82. The Balaban J connectivity index is 1.95. The zero-order chi connectivity index (χ0) is 19.2. The predicted octanol–water partition coefficient (Wildman–Crippen LogP) is 4.01. The van der Waals surface area contributed by atoms with Crippen LogP contribution in [0.3, 0.4) is 0 Å². The predicted molar refractivity (Wildman–Crippen MR) is 103 cm³/mol. The number of halogens is 1. The van der Waals surface area contributed by atoms with Gasteiger partial charge in [-0.05, 0) is 32.0 Å². The number of ether oxygens (including phenoxy) is 2. The number of aryl methyl sites for hydroxylation is 1. The van der Waals surface area contributed by atoms with Crippen molar-refractivity contribution in [2.75, 3.05) is 19.8 Å². The van der Waals surface area contributed by atoms with Crippen LogP contribution in [-0.4, -0.2) is 40.5 Å². The third kappa shape index (κ3) is 4.72. The van der Waals surface area contributed by atoms with E-state index in [0.29, 0.717) is 36.2 Å². The molecule has 0 amide bonds. The number of hydrogen-bond acceptors (Lipinski definition) is 5. The first-order valence-electron chi connectivity index (χ1n) is 8.63. The summed E-state index contributed by atoms with van der Waals surface area (Å²) in [7, 11) is 0. The van der Waals surface area contributed by atoms with Crippen LogP contribution >= 0.6 is 11.6 Å². The number of benzene rings is 2. The van der Waals surface area contributed by atoms with Crippen LogP contribution in [0.4, 0.5) is 0 Å². The van der Waals surface area contributed by atoms with Gasteiger partial charge in [0.15, 0.2) is 5.82 Å². The molecule has 3 rings (SSSR count). The summed E-state index contributed by atoms with van der Waals surface area (Å²) in [5.41, 5.74) is 2.30. The smallest absolute Gasteiger partial charge is 0.336 e. The van der Waals surface area contributed by atoms with Crippen molar-refractivity contribution >= 4 is 17.5 Å². The average molecular weight is 386 g/mol. The lowest BCUT2D eigenvalue weighted by Crippen LogP contribution is -2.15. The molecule has 0 aliphatic rings. The summed E-state index contributed by atoms with van der Waals surface area (Å²) >= 11 is 6.02. The zero-order valence-corrected chi connectivity index (χ0v) is 15.9. The maximum absolute atomic E-state index is 13.0. The van der Waals surface area contributed by atoms with Gasteiger partial charge in [0.25, 0.3) is 5.91 Å². The highest BCUT2D eigenvalue weighted by Gasteiger charge is 2.20. The Kier molecular flexibility index (Phi) is 6.21. The summed E-state index contributed by atoms with van der Waals surface area (Å²) in [5, 5.41) is 4.73. The minimum atomic E-state index is -0.333. The molecule has 0 saturated heterocycles. The second-order valence-corrected chi connectivity index (χ2v) is 6.29. The number of nitrogens with zero attached hydrogens (tertiary/aromatic N) is 3. The maximum atomic E-state index is 13.0. The molecule has 0 bridgehead atoms. The summed E-state index contributed by atoms with van der Waals surface area (Å²) in [4.78, 5) is 17.4. The molecule has 7 heteroatoms. The fourth-order valence-corrected chi connectivity index (χ4v) is 2.66. The molecule has 6 nitrogen and oxygen atoms in total. The average Bonchev–Trinajstić information content (AvgIpc) is 3.09. The van der Waals surface area contributed by atoms with Crippen molar-refractivity contribution < 1.29 is 14.3 Å². The third-order valence-corrected chi connectivity index (χ3v) is 4.06. The highest BCUT2D eigenvalue weighted by atomic mass is 35.5. The first kappa shape index (κ1) is 19.1. The Morgan fingerprint density at radius 2 is 1.93 bits per heavy atom. The Bertz CT molecular complexity index is 922. The van der Waals surface area contributed by atoms with Crippen molar-refractivity contribution in [2.45, 2.75) is 13.8 Å². The van der Waals surface area contributed by atoms with Gasteiger partial charge in [-0.25, -0.2) is 0 Å². The van der Waals surface area contributed by atoms with Gasteiger partial charge in [0, 0.05) is 22.8 Å². The van der Waals surface area contributed by atoms with Gasteiger partial charge in [-0.15, -0.1) is 5.10 Å². The van der Waals surface area contributed by atoms with Crippen LogP contribution in [-0.2, 0) is 4.74 Å². The van der Waals surface area contributed by atoms with Crippen LogP contribution in [0.2, 0.25) is 5.02 Å². The number of hydrogen-bond donors (Lipinski definition) is 0.